The lowest BCUT2D eigenvalue weighted by Gasteiger charge is -2.36. The molecule has 6 amide bonds. The molecule has 0 aromatic heterocycles. The molecule has 3 atom stereocenters. The molecule has 0 saturated carbocycles. The highest BCUT2D eigenvalue weighted by molar-refractivity contribution is 6.21. The van der Waals surface area contributed by atoms with Gasteiger partial charge in [0.15, 0.2) is 12.9 Å². The Bertz CT molecular complexity index is 1910. The van der Waals surface area contributed by atoms with E-state index in [1.807, 2.05) is 11.8 Å². The summed E-state index contributed by atoms with van der Waals surface area (Å²) in [5.41, 5.74) is 2.11. The third-order valence-corrected chi connectivity index (χ3v) is 9.61. The molecule has 0 aliphatic carbocycles. The Balaban J connectivity index is 1.11. The van der Waals surface area contributed by atoms with Gasteiger partial charge in [-0.1, -0.05) is 33.9 Å². The summed E-state index contributed by atoms with van der Waals surface area (Å²) in [5, 5.41) is 22.5. The van der Waals surface area contributed by atoms with Crippen LogP contribution in [0, 0.1) is 0 Å². The molecule has 0 bridgehead atoms. The monoisotopic (exact) mass is 695 g/mol. The maximum atomic E-state index is 13.3. The van der Waals surface area contributed by atoms with Crippen LogP contribution in [0.2, 0.25) is 0 Å². The minimum Gasteiger partial charge on any atom is -0.433 e. The van der Waals surface area contributed by atoms with E-state index in [1.165, 1.54) is 24.5 Å². The molecule has 15 heteroatoms. The van der Waals surface area contributed by atoms with Crippen molar-refractivity contribution in [2.24, 2.45) is 0 Å². The van der Waals surface area contributed by atoms with Crippen molar-refractivity contribution < 1.29 is 48.3 Å². The molecule has 4 heterocycles. The van der Waals surface area contributed by atoms with E-state index < -0.39 is 46.5 Å². The number of nitrogens with zero attached hydrogens (tertiary/aromatic N) is 6. The van der Waals surface area contributed by atoms with Crippen LogP contribution in [0.5, 0.6) is 0 Å². The number of amides is 6. The molecule has 262 valence electrons. The first-order chi connectivity index (χ1) is 24.5. The fourth-order valence-corrected chi connectivity index (χ4v) is 6.94. The van der Waals surface area contributed by atoms with Gasteiger partial charge in [-0.3, -0.25) is 28.9 Å². The van der Waals surface area contributed by atoms with E-state index in [0.29, 0.717) is 24.5 Å². The highest BCUT2D eigenvalue weighted by atomic mass is 16.5. The number of ether oxygens (including phenoxy) is 1. The van der Waals surface area contributed by atoms with Crippen molar-refractivity contribution in [3.05, 3.63) is 107 Å². The zero-order chi connectivity index (χ0) is 36.0. The normalized spacial score (nSPS) is 21.0. The number of anilines is 2. The van der Waals surface area contributed by atoms with Gasteiger partial charge >= 0.3 is 17.9 Å². The number of rotatable bonds is 10. The van der Waals surface area contributed by atoms with Crippen molar-refractivity contribution in [2.45, 2.75) is 19.1 Å². The van der Waals surface area contributed by atoms with Crippen LogP contribution in [0.3, 0.4) is 0 Å². The summed E-state index contributed by atoms with van der Waals surface area (Å²) in [6.45, 7) is 2.26. The Hall–Kier alpha value is -5.90. The Morgan fingerprint density at radius 3 is 1.96 bits per heavy atom. The van der Waals surface area contributed by atoms with Crippen molar-refractivity contribution in [2.75, 3.05) is 55.9 Å². The minimum absolute atomic E-state index is 0.0181. The van der Waals surface area contributed by atoms with Crippen LogP contribution in [-0.2, 0) is 9.53 Å². The lowest BCUT2D eigenvalue weighted by Crippen LogP contribution is -2.63. The van der Waals surface area contributed by atoms with E-state index in [2.05, 4.69) is 0 Å². The number of carboxylic acid groups (broad SMARTS) is 1. The Morgan fingerprint density at radius 2 is 1.41 bits per heavy atom. The molecular weight excluding hydrogens is 660 g/mol. The summed E-state index contributed by atoms with van der Waals surface area (Å²) >= 11 is 0. The second kappa shape index (κ2) is 13.1. The highest BCUT2D eigenvalue weighted by Gasteiger charge is 2.57. The standard InChI is InChI=1S/C36H34N6O9/c1-23(37-14-16-42(22-37,36(49)50)41-34(47)29-8-4-5-9-30(29)35(41)48)18-38(24-10-12-25(13-11-24)39-15-17-51-21-31(39)44)19-26(43)20-40-32(45)27-6-2-3-7-28(27)33(40)46/h2-14,16,23,26,43H,15,17-22H2,1H3/p+1/t23-,26-,42?/m1/s1. The molecule has 0 radical (unpaired) electrons. The predicted octanol–water partition coefficient (Wildman–Crippen LogP) is 2.35. The van der Waals surface area contributed by atoms with Gasteiger partial charge in [-0.15, -0.1) is 0 Å². The number of carbonyl (C=O) groups excluding carboxylic acids is 5. The number of morpholine rings is 1. The van der Waals surface area contributed by atoms with E-state index >= 15 is 0 Å². The molecule has 51 heavy (non-hydrogen) atoms. The molecule has 3 aromatic carbocycles. The SMILES string of the molecule is C[C@H](CN(C[C@@H](O)CN1C(=O)c2ccccc2C1=O)c1ccc(N2CCOCC2=O)cc1)N1C=C[N+](C(=O)O)(N2C(=O)c3ccccc3C2=O)C1. The van der Waals surface area contributed by atoms with Gasteiger partial charge in [0.2, 0.25) is 0 Å². The number of benzene rings is 3. The summed E-state index contributed by atoms with van der Waals surface area (Å²) in [5.74, 6) is -2.59. The topological polar surface area (TPSA) is 168 Å². The first-order valence-electron chi connectivity index (χ1n) is 16.4. The smallest absolute Gasteiger partial charge is 0.433 e. The van der Waals surface area contributed by atoms with E-state index in [1.54, 1.807) is 70.5 Å². The number of aliphatic hydroxyl groups excluding tert-OH is 1. The largest absolute Gasteiger partial charge is 0.546 e. The number of β-amino-alcohol motifs (C(OH)–C–C–N with tert-alkyl or cyclic N) is 1. The Labute approximate surface area is 292 Å². The highest BCUT2D eigenvalue weighted by Crippen LogP contribution is 2.33. The van der Waals surface area contributed by atoms with E-state index in [4.69, 9.17) is 4.74 Å². The molecule has 15 nitrogen and oxygen atoms in total. The van der Waals surface area contributed by atoms with Crippen molar-refractivity contribution in [1.29, 1.82) is 0 Å². The zero-order valence-corrected chi connectivity index (χ0v) is 27.6. The van der Waals surface area contributed by atoms with Gasteiger partial charge in [-0.05, 0) is 55.5 Å². The van der Waals surface area contributed by atoms with Crippen LogP contribution < -0.4 is 9.80 Å². The molecule has 2 N–H and O–H groups in total. The molecule has 1 fully saturated rings. The summed E-state index contributed by atoms with van der Waals surface area (Å²) in [6, 6.07) is 19.3. The van der Waals surface area contributed by atoms with E-state index in [0.717, 1.165) is 9.91 Å². The first kappa shape index (κ1) is 33.6. The van der Waals surface area contributed by atoms with Crippen molar-refractivity contribution in [3.63, 3.8) is 0 Å². The number of hydrogen-bond acceptors (Lipinski definition) is 10. The third-order valence-electron chi connectivity index (χ3n) is 9.61. The molecule has 0 spiro atoms. The fraction of sp³-hybridized carbons (Fsp3) is 0.278. The second-order valence-corrected chi connectivity index (χ2v) is 12.8. The summed E-state index contributed by atoms with van der Waals surface area (Å²) in [6.07, 6.45) is 0.220. The van der Waals surface area contributed by atoms with Crippen LogP contribution in [-0.4, -0.2) is 123 Å². The van der Waals surface area contributed by atoms with Gasteiger partial charge in [0.1, 0.15) is 6.61 Å². The van der Waals surface area contributed by atoms with Gasteiger partial charge in [0.25, 0.3) is 17.7 Å². The van der Waals surface area contributed by atoms with Crippen LogP contribution in [0.15, 0.2) is 85.2 Å². The predicted molar refractivity (Wildman–Crippen MR) is 180 cm³/mol. The molecular formula is C36H35N6O9+. The van der Waals surface area contributed by atoms with E-state index in [-0.39, 0.29) is 61.1 Å². The average molecular weight is 696 g/mol. The first-order valence-corrected chi connectivity index (χ1v) is 16.4. The second-order valence-electron chi connectivity index (χ2n) is 12.8. The van der Waals surface area contributed by atoms with Gasteiger partial charge < -0.3 is 29.6 Å². The molecule has 1 saturated heterocycles. The summed E-state index contributed by atoms with van der Waals surface area (Å²) in [4.78, 5) is 84.2. The van der Waals surface area contributed by atoms with Crippen LogP contribution >= 0.6 is 0 Å². The molecule has 1 unspecified atom stereocenters. The lowest BCUT2D eigenvalue weighted by molar-refractivity contribution is -0.900. The average Bonchev–Trinajstić information content (AvgIpc) is 3.77. The number of quaternary nitrogens is 1. The van der Waals surface area contributed by atoms with Gasteiger partial charge in [0, 0.05) is 37.1 Å². The number of aliphatic hydroxyl groups is 1. The molecule has 4 aliphatic rings. The van der Waals surface area contributed by atoms with Crippen LogP contribution in [0.1, 0.15) is 48.4 Å². The maximum Gasteiger partial charge on any atom is 0.546 e. The summed E-state index contributed by atoms with van der Waals surface area (Å²) < 4.78 is 4.16. The zero-order valence-electron chi connectivity index (χ0n) is 27.6. The molecule has 3 aromatic rings. The van der Waals surface area contributed by atoms with Crippen LogP contribution in [0.4, 0.5) is 16.2 Å². The van der Waals surface area contributed by atoms with Crippen molar-refractivity contribution in [1.82, 2.24) is 14.8 Å². The van der Waals surface area contributed by atoms with Gasteiger partial charge in [0.05, 0.1) is 47.7 Å². The van der Waals surface area contributed by atoms with E-state index in [9.17, 15) is 39.0 Å². The maximum absolute atomic E-state index is 13.3. The quantitative estimate of drug-likeness (QED) is 0.236. The van der Waals surface area contributed by atoms with Crippen molar-refractivity contribution in [3.8, 4) is 0 Å². The summed E-state index contributed by atoms with van der Waals surface area (Å²) in [7, 11) is 0. The molecule has 7 rings (SSSR count). The van der Waals surface area contributed by atoms with Gasteiger partial charge in [-0.2, -0.15) is 4.79 Å². The molecule has 4 aliphatic heterocycles. The number of imide groups is 2. The number of hydrogen-bond donors (Lipinski definition) is 2. The minimum atomic E-state index is -1.42. The van der Waals surface area contributed by atoms with Crippen molar-refractivity contribution >= 4 is 47.0 Å². The number of fused-ring (bicyclic) bond motifs is 2. The Kier molecular flexibility index (Phi) is 8.62. The fourth-order valence-electron chi connectivity index (χ4n) is 6.94. The third kappa shape index (κ3) is 5.80. The van der Waals surface area contributed by atoms with Gasteiger partial charge in [-0.25, -0.2) is 0 Å². The Morgan fingerprint density at radius 1 is 0.843 bits per heavy atom. The lowest BCUT2D eigenvalue weighted by atomic mass is 10.1. The van der Waals surface area contributed by atoms with Crippen LogP contribution in [0.25, 0.3) is 0 Å². The number of carbonyl (C=O) groups is 6.